The van der Waals surface area contributed by atoms with E-state index in [-0.39, 0.29) is 0 Å². The number of carbonyl (C=O) groups is 2. The zero-order chi connectivity index (χ0) is 15.8. The molecule has 2 N–H and O–H groups in total. The number of nitrogens with zero attached hydrogens (tertiary/aromatic N) is 1. The molecule has 0 bridgehead atoms. The molecule has 1 aromatic rings. The van der Waals surface area contributed by atoms with Gasteiger partial charge in [-0.25, -0.2) is 0 Å². The maximum absolute atomic E-state index is 11.7. The molecule has 21 heavy (non-hydrogen) atoms. The Hall–Kier alpha value is -1.88. The normalized spacial score (nSPS) is 10.8. The van der Waals surface area contributed by atoms with E-state index < -0.39 is 11.8 Å². The second kappa shape index (κ2) is 8.42. The molecule has 0 aliphatic rings. The van der Waals surface area contributed by atoms with Crippen LogP contribution in [-0.2, 0) is 9.59 Å². The summed E-state index contributed by atoms with van der Waals surface area (Å²) in [6.45, 7) is 5.58. The van der Waals surface area contributed by atoms with Gasteiger partial charge in [-0.05, 0) is 50.7 Å². The van der Waals surface area contributed by atoms with Crippen molar-refractivity contribution in [1.82, 2.24) is 10.2 Å². The molecule has 0 aliphatic heterocycles. The van der Waals surface area contributed by atoms with Crippen LogP contribution in [0.25, 0.3) is 0 Å². The highest BCUT2D eigenvalue weighted by Gasteiger charge is 2.13. The molecule has 0 unspecified atom stereocenters. The lowest BCUT2D eigenvalue weighted by atomic mass is 10.0. The van der Waals surface area contributed by atoms with Crippen molar-refractivity contribution >= 4 is 17.5 Å². The SMILES string of the molecule is CC(C)c1ccc(NC(=O)C(=O)NCCCN(C)C)cc1. The number of rotatable bonds is 6. The molecule has 0 spiro atoms. The van der Waals surface area contributed by atoms with Crippen molar-refractivity contribution < 1.29 is 9.59 Å². The van der Waals surface area contributed by atoms with Crippen molar-refractivity contribution in [3.8, 4) is 0 Å². The van der Waals surface area contributed by atoms with Gasteiger partial charge in [-0.1, -0.05) is 26.0 Å². The zero-order valence-corrected chi connectivity index (χ0v) is 13.3. The van der Waals surface area contributed by atoms with E-state index in [9.17, 15) is 9.59 Å². The summed E-state index contributed by atoms with van der Waals surface area (Å²) in [6, 6.07) is 7.53. The summed E-state index contributed by atoms with van der Waals surface area (Å²) in [6.07, 6.45) is 0.815. The third-order valence-corrected chi connectivity index (χ3v) is 3.11. The van der Waals surface area contributed by atoms with E-state index >= 15 is 0 Å². The molecule has 0 saturated heterocycles. The summed E-state index contributed by atoms with van der Waals surface area (Å²) in [4.78, 5) is 25.4. The molecule has 2 amide bonds. The monoisotopic (exact) mass is 291 g/mol. The van der Waals surface area contributed by atoms with Crippen LogP contribution in [0.1, 0.15) is 31.7 Å². The van der Waals surface area contributed by atoms with Crippen LogP contribution in [0.15, 0.2) is 24.3 Å². The molecule has 0 atom stereocenters. The van der Waals surface area contributed by atoms with Crippen molar-refractivity contribution in [1.29, 1.82) is 0 Å². The standard InChI is InChI=1S/C16H25N3O2/c1-12(2)13-6-8-14(9-7-13)18-16(21)15(20)17-10-5-11-19(3)4/h6-9,12H,5,10-11H2,1-4H3,(H,17,20)(H,18,21). The summed E-state index contributed by atoms with van der Waals surface area (Å²) in [5.41, 5.74) is 1.83. The second-order valence-electron chi connectivity index (χ2n) is 5.64. The van der Waals surface area contributed by atoms with E-state index in [1.54, 1.807) is 0 Å². The minimum absolute atomic E-state index is 0.440. The number of hydrogen-bond acceptors (Lipinski definition) is 3. The number of hydrogen-bond donors (Lipinski definition) is 2. The third-order valence-electron chi connectivity index (χ3n) is 3.11. The van der Waals surface area contributed by atoms with Gasteiger partial charge in [0.2, 0.25) is 0 Å². The van der Waals surface area contributed by atoms with E-state index in [0.717, 1.165) is 13.0 Å². The lowest BCUT2D eigenvalue weighted by molar-refractivity contribution is -0.136. The minimum Gasteiger partial charge on any atom is -0.348 e. The van der Waals surface area contributed by atoms with Crippen molar-refractivity contribution in [3.63, 3.8) is 0 Å². The van der Waals surface area contributed by atoms with Gasteiger partial charge < -0.3 is 15.5 Å². The minimum atomic E-state index is -0.628. The quantitative estimate of drug-likeness (QED) is 0.621. The average Bonchev–Trinajstić information content (AvgIpc) is 2.43. The number of nitrogens with one attached hydrogen (secondary N) is 2. The number of benzene rings is 1. The molecular weight excluding hydrogens is 266 g/mol. The van der Waals surface area contributed by atoms with Crippen LogP contribution in [-0.4, -0.2) is 43.9 Å². The average molecular weight is 291 g/mol. The van der Waals surface area contributed by atoms with E-state index in [4.69, 9.17) is 0 Å². The summed E-state index contributed by atoms with van der Waals surface area (Å²) in [5.74, 6) is -0.784. The van der Waals surface area contributed by atoms with E-state index in [1.165, 1.54) is 5.56 Å². The molecule has 0 radical (unpaired) electrons. The maximum Gasteiger partial charge on any atom is 0.313 e. The fraction of sp³-hybridized carbons (Fsp3) is 0.500. The molecular formula is C16H25N3O2. The first-order valence-electron chi connectivity index (χ1n) is 7.24. The van der Waals surface area contributed by atoms with Gasteiger partial charge in [0.25, 0.3) is 0 Å². The maximum atomic E-state index is 11.7. The zero-order valence-electron chi connectivity index (χ0n) is 13.3. The van der Waals surface area contributed by atoms with E-state index in [2.05, 4.69) is 24.5 Å². The lowest BCUT2D eigenvalue weighted by Crippen LogP contribution is -2.36. The fourth-order valence-corrected chi connectivity index (χ4v) is 1.82. The molecule has 1 rings (SSSR count). The van der Waals surface area contributed by atoms with Gasteiger partial charge in [-0.3, -0.25) is 9.59 Å². The van der Waals surface area contributed by atoms with Crippen LogP contribution in [0, 0.1) is 0 Å². The smallest absolute Gasteiger partial charge is 0.313 e. The van der Waals surface area contributed by atoms with Crippen molar-refractivity contribution in [2.75, 3.05) is 32.5 Å². The van der Waals surface area contributed by atoms with E-state index in [0.29, 0.717) is 18.2 Å². The highest BCUT2D eigenvalue weighted by atomic mass is 16.2. The molecule has 5 nitrogen and oxygen atoms in total. The Labute approximate surface area is 126 Å². The molecule has 0 fully saturated rings. The van der Waals surface area contributed by atoms with Crippen LogP contribution in [0.3, 0.4) is 0 Å². The van der Waals surface area contributed by atoms with Crippen LogP contribution >= 0.6 is 0 Å². The summed E-state index contributed by atoms with van der Waals surface area (Å²) in [7, 11) is 3.94. The van der Waals surface area contributed by atoms with Crippen molar-refractivity contribution in [2.24, 2.45) is 0 Å². The van der Waals surface area contributed by atoms with Gasteiger partial charge in [0.15, 0.2) is 0 Å². The largest absolute Gasteiger partial charge is 0.348 e. The van der Waals surface area contributed by atoms with Crippen LogP contribution in [0.5, 0.6) is 0 Å². The number of carbonyl (C=O) groups excluding carboxylic acids is 2. The topological polar surface area (TPSA) is 61.4 Å². The molecule has 1 aromatic carbocycles. The van der Waals surface area contributed by atoms with Crippen molar-refractivity contribution in [3.05, 3.63) is 29.8 Å². The van der Waals surface area contributed by atoms with Gasteiger partial charge in [-0.15, -0.1) is 0 Å². The number of anilines is 1. The van der Waals surface area contributed by atoms with Crippen molar-refractivity contribution in [2.45, 2.75) is 26.2 Å². The Balaban J connectivity index is 2.39. The first-order chi connectivity index (χ1) is 9.90. The van der Waals surface area contributed by atoms with Crippen LogP contribution in [0.4, 0.5) is 5.69 Å². The molecule has 5 heteroatoms. The van der Waals surface area contributed by atoms with Crippen LogP contribution < -0.4 is 10.6 Å². The van der Waals surface area contributed by atoms with E-state index in [1.807, 2.05) is 43.3 Å². The molecule has 0 saturated carbocycles. The first-order valence-corrected chi connectivity index (χ1v) is 7.24. The Morgan fingerprint density at radius 3 is 2.24 bits per heavy atom. The highest BCUT2D eigenvalue weighted by molar-refractivity contribution is 6.39. The summed E-state index contributed by atoms with van der Waals surface area (Å²) < 4.78 is 0. The van der Waals surface area contributed by atoms with Gasteiger partial charge in [0, 0.05) is 12.2 Å². The van der Waals surface area contributed by atoms with Gasteiger partial charge in [-0.2, -0.15) is 0 Å². The Morgan fingerprint density at radius 1 is 1.10 bits per heavy atom. The predicted molar refractivity (Wildman–Crippen MR) is 85.3 cm³/mol. The van der Waals surface area contributed by atoms with Gasteiger partial charge in [0.05, 0.1) is 0 Å². The Morgan fingerprint density at radius 2 is 1.71 bits per heavy atom. The molecule has 0 aliphatic carbocycles. The predicted octanol–water partition coefficient (Wildman–Crippen LogP) is 1.82. The lowest BCUT2D eigenvalue weighted by Gasteiger charge is -2.10. The Kier molecular flexibility index (Phi) is 6.88. The molecule has 0 heterocycles. The highest BCUT2D eigenvalue weighted by Crippen LogP contribution is 2.16. The first kappa shape index (κ1) is 17.2. The second-order valence-corrected chi connectivity index (χ2v) is 5.64. The number of amides is 2. The molecule has 116 valence electrons. The van der Waals surface area contributed by atoms with Gasteiger partial charge in [0.1, 0.15) is 0 Å². The fourth-order valence-electron chi connectivity index (χ4n) is 1.82. The summed E-state index contributed by atoms with van der Waals surface area (Å²) in [5, 5.41) is 5.21. The summed E-state index contributed by atoms with van der Waals surface area (Å²) >= 11 is 0. The third kappa shape index (κ3) is 6.40. The van der Waals surface area contributed by atoms with Gasteiger partial charge >= 0.3 is 11.8 Å². The Bertz CT molecular complexity index is 467. The van der Waals surface area contributed by atoms with Crippen LogP contribution in [0.2, 0.25) is 0 Å². The molecule has 0 aromatic heterocycles.